The number of aliphatic hydroxyl groups is 1. The predicted molar refractivity (Wildman–Crippen MR) is 84.5 cm³/mol. The Labute approximate surface area is 150 Å². The van der Waals surface area contributed by atoms with Crippen LogP contribution in [-0.2, 0) is 14.3 Å². The smallest absolute Gasteiger partial charge is 0.466 e. The summed E-state index contributed by atoms with van der Waals surface area (Å²) in [4.78, 5) is 25.4. The highest BCUT2D eigenvalue weighted by Crippen LogP contribution is 2.32. The van der Waals surface area contributed by atoms with E-state index in [0.29, 0.717) is 0 Å². The van der Waals surface area contributed by atoms with Crippen molar-refractivity contribution in [3.8, 4) is 5.75 Å². The normalized spacial score (nSPS) is 14.7. The Morgan fingerprint density at radius 1 is 1.42 bits per heavy atom. The van der Waals surface area contributed by atoms with Crippen molar-refractivity contribution in [2.45, 2.75) is 6.36 Å². The number of esters is 1. The number of aliphatic hydroxyl groups excluding tert-OH is 1. The molecule has 0 radical (unpaired) electrons. The van der Waals surface area contributed by atoms with E-state index in [9.17, 15) is 22.8 Å². The lowest BCUT2D eigenvalue weighted by molar-refractivity contribution is -0.274. The van der Waals surface area contributed by atoms with Gasteiger partial charge in [-0.05, 0) is 12.1 Å². The van der Waals surface area contributed by atoms with Gasteiger partial charge in [0.2, 0.25) is 0 Å². The molecule has 0 fully saturated rings. The molecule has 7 nitrogen and oxygen atoms in total. The summed E-state index contributed by atoms with van der Waals surface area (Å²) in [5.74, 6) is -1.87. The summed E-state index contributed by atoms with van der Waals surface area (Å²) in [5.41, 5.74) is -0.0221. The molecule has 1 aromatic rings. The summed E-state index contributed by atoms with van der Waals surface area (Å²) in [5, 5.41) is 11.5. The predicted octanol–water partition coefficient (Wildman–Crippen LogP) is 1.91. The molecule has 0 saturated carbocycles. The second-order valence-corrected chi connectivity index (χ2v) is 5.52. The van der Waals surface area contributed by atoms with Gasteiger partial charge >= 0.3 is 12.3 Å². The molecule has 0 spiro atoms. The number of halogens is 4. The van der Waals surface area contributed by atoms with Crippen LogP contribution in [-0.4, -0.2) is 55.1 Å². The van der Waals surface area contributed by atoms with Gasteiger partial charge < -0.3 is 24.8 Å². The van der Waals surface area contributed by atoms with E-state index in [2.05, 4.69) is 14.8 Å². The molecule has 2 N–H and O–H groups in total. The van der Waals surface area contributed by atoms with Crippen molar-refractivity contribution in [3.63, 3.8) is 0 Å². The maximum atomic E-state index is 12.4. The van der Waals surface area contributed by atoms with Crippen LogP contribution in [0.2, 0.25) is 5.02 Å². The number of nitrogens with zero attached hydrogens (tertiary/aromatic N) is 1. The Kier molecular flexibility index (Phi) is 5.98. The van der Waals surface area contributed by atoms with Crippen molar-refractivity contribution in [1.82, 2.24) is 4.90 Å². The zero-order chi connectivity index (χ0) is 19.5. The summed E-state index contributed by atoms with van der Waals surface area (Å²) < 4.78 is 45.1. The van der Waals surface area contributed by atoms with Gasteiger partial charge in [-0.2, -0.15) is 0 Å². The second-order valence-electron chi connectivity index (χ2n) is 5.11. The van der Waals surface area contributed by atoms with E-state index in [1.807, 2.05) is 0 Å². The van der Waals surface area contributed by atoms with Gasteiger partial charge in [0.25, 0.3) is 5.91 Å². The second kappa shape index (κ2) is 7.83. The molecule has 1 aliphatic heterocycles. The van der Waals surface area contributed by atoms with Gasteiger partial charge in [0.15, 0.2) is 0 Å². The van der Waals surface area contributed by atoms with Crippen molar-refractivity contribution >= 4 is 29.2 Å². The SMILES string of the molecule is COC(=O)C1=C(Nc2ccc(OC(F)(F)F)cc2Cl)C(=O)N(CCO)C1. The number of β-amino-alcohol motifs (C(OH)–C–C–N with tert-alkyl or cyclic N) is 1. The van der Waals surface area contributed by atoms with Crippen LogP contribution in [0.5, 0.6) is 5.75 Å². The number of alkyl halides is 3. The minimum absolute atomic E-state index is 0.00337. The van der Waals surface area contributed by atoms with Gasteiger partial charge in [-0.15, -0.1) is 13.2 Å². The highest BCUT2D eigenvalue weighted by Gasteiger charge is 2.35. The van der Waals surface area contributed by atoms with Crippen LogP contribution in [0, 0.1) is 0 Å². The Balaban J connectivity index is 2.29. The molecule has 11 heteroatoms. The number of hydrogen-bond acceptors (Lipinski definition) is 6. The molecule has 0 atom stereocenters. The average Bonchev–Trinajstić information content (AvgIpc) is 2.85. The van der Waals surface area contributed by atoms with E-state index in [-0.39, 0.29) is 41.7 Å². The van der Waals surface area contributed by atoms with Crippen LogP contribution in [0.25, 0.3) is 0 Å². The Hall–Kier alpha value is -2.46. The van der Waals surface area contributed by atoms with Gasteiger partial charge in [-0.3, -0.25) is 4.79 Å². The van der Waals surface area contributed by atoms with E-state index in [0.717, 1.165) is 19.2 Å². The first-order chi connectivity index (χ1) is 12.2. The number of anilines is 1. The summed E-state index contributed by atoms with van der Waals surface area (Å²) in [6.45, 7) is -0.393. The van der Waals surface area contributed by atoms with Gasteiger partial charge in [0.1, 0.15) is 11.4 Å². The monoisotopic (exact) mass is 394 g/mol. The van der Waals surface area contributed by atoms with Crippen molar-refractivity contribution in [2.24, 2.45) is 0 Å². The van der Waals surface area contributed by atoms with Gasteiger partial charge in [0, 0.05) is 12.6 Å². The van der Waals surface area contributed by atoms with E-state index in [1.165, 1.54) is 11.0 Å². The van der Waals surface area contributed by atoms with E-state index in [1.54, 1.807) is 0 Å². The number of hydrogen-bond donors (Lipinski definition) is 2. The van der Waals surface area contributed by atoms with E-state index < -0.39 is 24.0 Å². The number of nitrogens with one attached hydrogen (secondary N) is 1. The number of rotatable bonds is 6. The molecule has 0 unspecified atom stereocenters. The lowest BCUT2D eigenvalue weighted by Crippen LogP contribution is -2.31. The molecule has 2 rings (SSSR count). The first-order valence-electron chi connectivity index (χ1n) is 7.20. The zero-order valence-electron chi connectivity index (χ0n) is 13.4. The average molecular weight is 395 g/mol. The molecule has 1 aliphatic rings. The molecular formula is C15H14ClF3N2O5. The molecule has 1 amide bonds. The Morgan fingerprint density at radius 3 is 2.65 bits per heavy atom. The van der Waals surface area contributed by atoms with Crippen molar-refractivity contribution in [1.29, 1.82) is 0 Å². The molecular weight excluding hydrogens is 381 g/mol. The quantitative estimate of drug-likeness (QED) is 0.717. The molecule has 0 aliphatic carbocycles. The van der Waals surface area contributed by atoms with Crippen molar-refractivity contribution in [2.75, 3.05) is 32.1 Å². The standard InChI is InChI=1S/C15H14ClF3N2O5/c1-25-14(24)9-7-21(4-5-22)13(23)12(9)20-11-3-2-8(6-10(11)16)26-15(17,18)19/h2-3,6,20,22H,4-5,7H2,1H3. The topological polar surface area (TPSA) is 88.1 Å². The molecule has 0 saturated heterocycles. The third-order valence-electron chi connectivity index (χ3n) is 3.39. The Bertz CT molecular complexity index is 751. The first kappa shape index (κ1) is 19.9. The van der Waals surface area contributed by atoms with E-state index in [4.69, 9.17) is 16.7 Å². The molecule has 0 aromatic heterocycles. The third kappa shape index (κ3) is 4.58. The van der Waals surface area contributed by atoms with Crippen molar-refractivity contribution < 1.29 is 37.3 Å². The minimum atomic E-state index is -4.87. The van der Waals surface area contributed by atoms with Gasteiger partial charge in [-0.25, -0.2) is 4.79 Å². The fraction of sp³-hybridized carbons (Fsp3) is 0.333. The number of ether oxygens (including phenoxy) is 2. The largest absolute Gasteiger partial charge is 0.573 e. The van der Waals surface area contributed by atoms with Crippen molar-refractivity contribution in [3.05, 3.63) is 34.5 Å². The summed E-state index contributed by atoms with van der Waals surface area (Å²) >= 11 is 5.93. The van der Waals surface area contributed by atoms with Crippen LogP contribution < -0.4 is 10.1 Å². The lowest BCUT2D eigenvalue weighted by Gasteiger charge is -2.15. The number of carbonyl (C=O) groups excluding carboxylic acids is 2. The van der Waals surface area contributed by atoms with Gasteiger partial charge in [0.05, 0.1) is 36.5 Å². The fourth-order valence-electron chi connectivity index (χ4n) is 2.28. The summed E-state index contributed by atoms with van der Waals surface area (Å²) in [6, 6.07) is 3.10. The number of amides is 1. The van der Waals surface area contributed by atoms with Crippen LogP contribution in [0.3, 0.4) is 0 Å². The zero-order valence-corrected chi connectivity index (χ0v) is 14.1. The Morgan fingerprint density at radius 2 is 2.12 bits per heavy atom. The third-order valence-corrected chi connectivity index (χ3v) is 3.70. The maximum Gasteiger partial charge on any atom is 0.573 e. The molecule has 142 valence electrons. The highest BCUT2D eigenvalue weighted by molar-refractivity contribution is 6.33. The molecule has 26 heavy (non-hydrogen) atoms. The molecule has 1 heterocycles. The summed E-state index contributed by atoms with van der Waals surface area (Å²) in [7, 11) is 1.14. The highest BCUT2D eigenvalue weighted by atomic mass is 35.5. The summed E-state index contributed by atoms with van der Waals surface area (Å²) in [6.07, 6.45) is -4.87. The first-order valence-corrected chi connectivity index (χ1v) is 7.58. The van der Waals surface area contributed by atoms with Gasteiger partial charge in [-0.1, -0.05) is 11.6 Å². The number of carbonyl (C=O) groups is 2. The lowest BCUT2D eigenvalue weighted by atomic mass is 10.2. The number of methoxy groups -OCH3 is 1. The maximum absolute atomic E-state index is 12.4. The fourth-order valence-corrected chi connectivity index (χ4v) is 2.50. The minimum Gasteiger partial charge on any atom is -0.466 e. The molecule has 0 bridgehead atoms. The van der Waals surface area contributed by atoms with Crippen LogP contribution in [0.4, 0.5) is 18.9 Å². The van der Waals surface area contributed by atoms with Crippen LogP contribution >= 0.6 is 11.6 Å². The van der Waals surface area contributed by atoms with Crippen LogP contribution in [0.15, 0.2) is 29.5 Å². The van der Waals surface area contributed by atoms with Crippen LogP contribution in [0.1, 0.15) is 0 Å². The molecule has 1 aromatic carbocycles. The number of benzene rings is 1. The van der Waals surface area contributed by atoms with E-state index >= 15 is 0 Å².